The van der Waals surface area contributed by atoms with Gasteiger partial charge in [0.1, 0.15) is 0 Å². The quantitative estimate of drug-likeness (QED) is 0.694. The Labute approximate surface area is 91.2 Å². The van der Waals surface area contributed by atoms with Gasteiger partial charge in [0.15, 0.2) is 9.84 Å². The van der Waals surface area contributed by atoms with Gasteiger partial charge < -0.3 is 5.11 Å². The lowest BCUT2D eigenvalue weighted by molar-refractivity contribution is 0.0238. The van der Waals surface area contributed by atoms with Crippen LogP contribution in [0, 0.1) is 0 Å². The molecular weight excluding hydrogens is 214 g/mol. The van der Waals surface area contributed by atoms with Gasteiger partial charge in [-0.3, -0.25) is 4.90 Å². The molecule has 0 aromatic rings. The monoisotopic (exact) mass is 233 g/mol. The highest BCUT2D eigenvalue weighted by atomic mass is 32.2. The average molecular weight is 233 g/mol. The van der Waals surface area contributed by atoms with Crippen molar-refractivity contribution in [3.05, 3.63) is 0 Å². The molecule has 15 heavy (non-hydrogen) atoms. The molecule has 1 heterocycles. The maximum atomic E-state index is 11.3. The Hall–Kier alpha value is -0.130. The average Bonchev–Trinajstić information content (AvgIpc) is 2.19. The van der Waals surface area contributed by atoms with E-state index in [0.29, 0.717) is 13.1 Å². The molecular formula is C10H19NO3S. The lowest BCUT2D eigenvalue weighted by Gasteiger charge is -2.39. The number of rotatable bonds is 1. The lowest BCUT2D eigenvalue weighted by Crippen LogP contribution is -2.51. The molecule has 0 amide bonds. The van der Waals surface area contributed by atoms with Gasteiger partial charge in [-0.2, -0.15) is 0 Å². The van der Waals surface area contributed by atoms with Crippen LogP contribution in [0.1, 0.15) is 25.7 Å². The Bertz CT molecular complexity index is 301. The van der Waals surface area contributed by atoms with Crippen LogP contribution in [0.5, 0.6) is 0 Å². The highest BCUT2D eigenvalue weighted by molar-refractivity contribution is 7.91. The minimum Gasteiger partial charge on any atom is -0.391 e. The van der Waals surface area contributed by atoms with Gasteiger partial charge in [0, 0.05) is 19.1 Å². The molecule has 1 aliphatic heterocycles. The number of nitrogens with zero attached hydrogens (tertiary/aromatic N) is 1. The van der Waals surface area contributed by atoms with Gasteiger partial charge >= 0.3 is 0 Å². The first-order valence-electron chi connectivity index (χ1n) is 5.71. The number of hydrogen-bond acceptors (Lipinski definition) is 4. The van der Waals surface area contributed by atoms with Crippen molar-refractivity contribution in [2.24, 2.45) is 0 Å². The smallest absolute Gasteiger partial charge is 0.152 e. The van der Waals surface area contributed by atoms with Crippen LogP contribution >= 0.6 is 0 Å². The fraction of sp³-hybridized carbons (Fsp3) is 1.00. The van der Waals surface area contributed by atoms with Crippen LogP contribution in [0.2, 0.25) is 0 Å². The van der Waals surface area contributed by atoms with E-state index in [1.165, 1.54) is 0 Å². The maximum Gasteiger partial charge on any atom is 0.152 e. The number of aliphatic hydroxyl groups excluding tert-OH is 1. The van der Waals surface area contributed by atoms with Gasteiger partial charge in [0.25, 0.3) is 0 Å². The first kappa shape index (κ1) is 11.4. The summed E-state index contributed by atoms with van der Waals surface area (Å²) in [4.78, 5) is 2.16. The molecule has 2 rings (SSSR count). The fourth-order valence-corrected chi connectivity index (χ4v) is 3.81. The minimum absolute atomic E-state index is 0.203. The third kappa shape index (κ3) is 2.71. The second-order valence-corrected chi connectivity index (χ2v) is 6.91. The predicted octanol–water partition coefficient (Wildman–Crippen LogP) is 0.0203. The van der Waals surface area contributed by atoms with Crippen LogP contribution in [0.3, 0.4) is 0 Å². The molecule has 2 aliphatic rings. The van der Waals surface area contributed by atoms with Gasteiger partial charge in [-0.05, 0) is 12.8 Å². The number of hydrogen-bond donors (Lipinski definition) is 1. The lowest BCUT2D eigenvalue weighted by atomic mass is 9.91. The van der Waals surface area contributed by atoms with Gasteiger partial charge in [-0.15, -0.1) is 0 Å². The van der Waals surface area contributed by atoms with Crippen molar-refractivity contribution in [3.8, 4) is 0 Å². The van der Waals surface area contributed by atoms with E-state index >= 15 is 0 Å². The molecule has 88 valence electrons. The standard InChI is InChI=1S/C10H19NO3S/c12-10-4-2-1-3-9(10)11-5-7-15(13,14)8-6-11/h9-10,12H,1-8H2/t9-,10-/m1/s1. The normalized spacial score (nSPS) is 37.7. The van der Waals surface area contributed by atoms with E-state index in [-0.39, 0.29) is 23.7 Å². The molecule has 0 bridgehead atoms. The van der Waals surface area contributed by atoms with Crippen molar-refractivity contribution in [3.63, 3.8) is 0 Å². The Morgan fingerprint density at radius 2 is 1.67 bits per heavy atom. The third-order valence-electron chi connectivity index (χ3n) is 3.54. The zero-order valence-corrected chi connectivity index (χ0v) is 9.75. The predicted molar refractivity (Wildman–Crippen MR) is 58.5 cm³/mol. The van der Waals surface area contributed by atoms with Crippen molar-refractivity contribution in [2.75, 3.05) is 24.6 Å². The summed E-state index contributed by atoms with van der Waals surface area (Å²) in [5, 5.41) is 9.86. The summed E-state index contributed by atoms with van der Waals surface area (Å²) in [7, 11) is -2.80. The summed E-state index contributed by atoms with van der Waals surface area (Å²) in [6.45, 7) is 1.20. The van der Waals surface area contributed by atoms with E-state index < -0.39 is 9.84 Å². The van der Waals surface area contributed by atoms with Crippen molar-refractivity contribution in [1.82, 2.24) is 4.90 Å². The molecule has 1 saturated heterocycles. The summed E-state index contributed by atoms with van der Waals surface area (Å²) in [5.74, 6) is 0.520. The summed E-state index contributed by atoms with van der Waals surface area (Å²) in [6, 6.07) is 0.203. The summed E-state index contributed by atoms with van der Waals surface area (Å²) >= 11 is 0. The molecule has 1 saturated carbocycles. The Kier molecular flexibility index (Phi) is 3.33. The van der Waals surface area contributed by atoms with E-state index in [0.717, 1.165) is 25.7 Å². The second kappa shape index (κ2) is 4.39. The zero-order chi connectivity index (χ0) is 10.9. The molecule has 2 atom stereocenters. The Morgan fingerprint density at radius 3 is 2.27 bits per heavy atom. The second-order valence-electron chi connectivity index (χ2n) is 4.61. The highest BCUT2D eigenvalue weighted by Gasteiger charge is 2.32. The van der Waals surface area contributed by atoms with Gasteiger partial charge in [-0.25, -0.2) is 8.42 Å². The van der Waals surface area contributed by atoms with Crippen LogP contribution in [0.4, 0.5) is 0 Å². The first-order chi connectivity index (χ1) is 7.08. The zero-order valence-electron chi connectivity index (χ0n) is 8.93. The molecule has 0 unspecified atom stereocenters. The van der Waals surface area contributed by atoms with Crippen molar-refractivity contribution in [1.29, 1.82) is 0 Å². The Morgan fingerprint density at radius 1 is 1.07 bits per heavy atom. The van der Waals surface area contributed by atoms with Crippen molar-refractivity contribution in [2.45, 2.75) is 37.8 Å². The number of sulfone groups is 1. The molecule has 0 spiro atoms. The van der Waals surface area contributed by atoms with Gasteiger partial charge in [0.2, 0.25) is 0 Å². The summed E-state index contributed by atoms with van der Waals surface area (Å²) in [6.07, 6.45) is 3.89. The number of aliphatic hydroxyl groups is 1. The van der Waals surface area contributed by atoms with Crippen molar-refractivity contribution < 1.29 is 13.5 Å². The largest absolute Gasteiger partial charge is 0.391 e. The van der Waals surface area contributed by atoms with Crippen molar-refractivity contribution >= 4 is 9.84 Å². The van der Waals surface area contributed by atoms with Gasteiger partial charge in [-0.1, -0.05) is 12.8 Å². The maximum absolute atomic E-state index is 11.3. The molecule has 0 radical (unpaired) electrons. The molecule has 0 aromatic carbocycles. The van der Waals surface area contributed by atoms with E-state index in [4.69, 9.17) is 0 Å². The van der Waals surface area contributed by atoms with Crippen LogP contribution in [-0.4, -0.2) is 55.2 Å². The Balaban J connectivity index is 1.94. The van der Waals surface area contributed by atoms with Gasteiger partial charge in [0.05, 0.1) is 17.6 Å². The van der Waals surface area contributed by atoms with Crippen LogP contribution in [-0.2, 0) is 9.84 Å². The van der Waals surface area contributed by atoms with Crippen LogP contribution < -0.4 is 0 Å². The summed E-state index contributed by atoms with van der Waals surface area (Å²) in [5.41, 5.74) is 0. The van der Waals surface area contributed by atoms with E-state index in [1.54, 1.807) is 0 Å². The first-order valence-corrected chi connectivity index (χ1v) is 7.53. The topological polar surface area (TPSA) is 57.6 Å². The van der Waals surface area contributed by atoms with E-state index in [1.807, 2.05) is 0 Å². The van der Waals surface area contributed by atoms with Crippen LogP contribution in [0.15, 0.2) is 0 Å². The minimum atomic E-state index is -2.80. The molecule has 0 aromatic heterocycles. The molecule has 1 N–H and O–H groups in total. The highest BCUT2D eigenvalue weighted by Crippen LogP contribution is 2.24. The van der Waals surface area contributed by atoms with E-state index in [2.05, 4.69) is 4.90 Å². The third-order valence-corrected chi connectivity index (χ3v) is 5.15. The van der Waals surface area contributed by atoms with E-state index in [9.17, 15) is 13.5 Å². The summed E-state index contributed by atoms with van der Waals surface area (Å²) < 4.78 is 22.5. The molecule has 4 nitrogen and oxygen atoms in total. The van der Waals surface area contributed by atoms with Crippen LogP contribution in [0.25, 0.3) is 0 Å². The SMILES string of the molecule is O=S1(=O)CCN([C@@H]2CCCC[C@H]2O)CC1. The molecule has 2 fully saturated rings. The molecule has 5 heteroatoms. The molecule has 1 aliphatic carbocycles. The fourth-order valence-electron chi connectivity index (χ4n) is 2.58.